The summed E-state index contributed by atoms with van der Waals surface area (Å²) >= 11 is 0. The molecule has 0 aliphatic heterocycles. The van der Waals surface area contributed by atoms with Gasteiger partial charge < -0.3 is 0 Å². The van der Waals surface area contributed by atoms with Crippen molar-refractivity contribution < 1.29 is 0 Å². The van der Waals surface area contributed by atoms with Crippen LogP contribution in [0.3, 0.4) is 0 Å². The van der Waals surface area contributed by atoms with Crippen molar-refractivity contribution in [2.75, 3.05) is 6.66 Å². The van der Waals surface area contributed by atoms with Gasteiger partial charge in [-0.2, -0.15) is 0 Å². The van der Waals surface area contributed by atoms with Crippen LogP contribution in [0.4, 0.5) is 0 Å². The fourth-order valence-electron chi connectivity index (χ4n) is 0. The summed E-state index contributed by atoms with van der Waals surface area (Å²) in [4.78, 5) is 0. The van der Waals surface area contributed by atoms with Crippen molar-refractivity contribution in [1.82, 2.24) is 0 Å². The van der Waals surface area contributed by atoms with Gasteiger partial charge in [0.05, 0.1) is 0 Å². The molecule has 0 spiro atoms. The molecular formula is CH5Cl2P. The van der Waals surface area contributed by atoms with E-state index in [9.17, 15) is 0 Å². The van der Waals surface area contributed by atoms with Crippen LogP contribution in [0.2, 0.25) is 0 Å². The Bertz CT molecular complexity index is 6.00. The zero-order chi connectivity index (χ0) is 2.00. The summed E-state index contributed by atoms with van der Waals surface area (Å²) in [6, 6.07) is 0. The van der Waals surface area contributed by atoms with Gasteiger partial charge in [0.15, 0.2) is 0 Å². The molecule has 2 radical (unpaired) electrons. The molecule has 0 bridgehead atoms. The maximum absolute atomic E-state index is 3.53. The zero-order valence-electron chi connectivity index (χ0n) is 2.26. The van der Waals surface area contributed by atoms with Crippen LogP contribution >= 0.6 is 34.1 Å². The van der Waals surface area contributed by atoms with Gasteiger partial charge in [0, 0.05) is 0 Å². The zero-order valence-corrected chi connectivity index (χ0v) is 4.79. The van der Waals surface area contributed by atoms with Gasteiger partial charge in [-0.1, -0.05) is 0 Å². The predicted octanol–water partition coefficient (Wildman–Crippen LogP) is 1.87. The van der Waals surface area contributed by atoms with E-state index in [-0.39, 0.29) is 24.8 Å². The number of rotatable bonds is 0. The Morgan fingerprint density at radius 2 is 1.00 bits per heavy atom. The molecule has 3 heteroatoms. The Kier molecular flexibility index (Phi) is 178. The molecule has 0 amide bonds. The lowest BCUT2D eigenvalue weighted by Crippen LogP contribution is -0.804. The maximum atomic E-state index is 3.53. The number of hydrogen-bond acceptors (Lipinski definition) is 0. The Hall–Kier alpha value is 1.01. The van der Waals surface area contributed by atoms with Gasteiger partial charge in [-0.3, -0.25) is 0 Å². The largest absolute Gasteiger partial charge is 0.147 e. The second-order valence-corrected chi connectivity index (χ2v) is 0. The van der Waals surface area contributed by atoms with Gasteiger partial charge in [0.2, 0.25) is 0 Å². The normalized spacial score (nSPS) is 1.50. The molecule has 28 valence electrons. The van der Waals surface area contributed by atoms with E-state index in [0.29, 0.717) is 0 Å². The molecule has 0 aliphatic rings. The second kappa shape index (κ2) is 35.6. The van der Waals surface area contributed by atoms with E-state index in [2.05, 4.69) is 9.24 Å². The molecule has 0 aromatic heterocycles. The highest BCUT2D eigenvalue weighted by Gasteiger charge is 0.957. The summed E-state index contributed by atoms with van der Waals surface area (Å²) in [5.41, 5.74) is 0. The summed E-state index contributed by atoms with van der Waals surface area (Å²) in [6.07, 6.45) is 0. The van der Waals surface area contributed by atoms with E-state index in [1.807, 2.05) is 0 Å². The molecule has 0 saturated heterocycles. The minimum Gasteiger partial charge on any atom is -0.147 e. The molecule has 0 rings (SSSR count). The first-order valence-electron chi connectivity index (χ1n) is 0.447. The quantitative estimate of drug-likeness (QED) is 0.427. The SMILES string of the molecule is C[P].Cl.Cl. The molecule has 0 aromatic rings. The third kappa shape index (κ3) is 11.9. The third-order valence-corrected chi connectivity index (χ3v) is 0. The molecule has 0 nitrogen and oxygen atoms in total. The molecular weight excluding hydrogens is 114 g/mol. The topological polar surface area (TPSA) is 0 Å². The molecule has 4 heavy (non-hydrogen) atoms. The lowest BCUT2D eigenvalue weighted by atomic mass is 12.0. The number of halogens is 2. The van der Waals surface area contributed by atoms with Crippen molar-refractivity contribution in [3.05, 3.63) is 0 Å². The predicted molar refractivity (Wildman–Crippen MR) is 27.3 cm³/mol. The molecule has 0 aromatic carbocycles. The lowest BCUT2D eigenvalue weighted by molar-refractivity contribution is 2.53. The Morgan fingerprint density at radius 3 is 1.00 bits per heavy atom. The summed E-state index contributed by atoms with van der Waals surface area (Å²) in [7, 11) is 3.53. The molecule has 0 aliphatic carbocycles. The van der Waals surface area contributed by atoms with E-state index in [1.54, 1.807) is 6.66 Å². The highest BCUT2D eigenvalue weighted by atomic mass is 35.5. The number of hydrogen-bond donors (Lipinski definition) is 0. The van der Waals surface area contributed by atoms with Gasteiger partial charge in [-0.15, -0.1) is 24.8 Å². The van der Waals surface area contributed by atoms with Gasteiger partial charge >= 0.3 is 0 Å². The van der Waals surface area contributed by atoms with E-state index in [0.717, 1.165) is 0 Å². The molecule has 0 unspecified atom stereocenters. The summed E-state index contributed by atoms with van der Waals surface area (Å²) in [6.45, 7) is 1.69. The summed E-state index contributed by atoms with van der Waals surface area (Å²) < 4.78 is 0. The van der Waals surface area contributed by atoms with Crippen molar-refractivity contribution in [2.24, 2.45) is 0 Å². The van der Waals surface area contributed by atoms with Crippen LogP contribution in [0, 0.1) is 0 Å². The smallest absolute Gasteiger partial charge is 0.0360 e. The van der Waals surface area contributed by atoms with Gasteiger partial charge in [0.1, 0.15) is 0 Å². The molecule has 0 N–H and O–H groups in total. The first-order chi connectivity index (χ1) is 1.00. The van der Waals surface area contributed by atoms with Gasteiger partial charge in [-0.05, 0) is 15.9 Å². The van der Waals surface area contributed by atoms with Crippen molar-refractivity contribution in [2.45, 2.75) is 0 Å². The lowest BCUT2D eigenvalue weighted by Gasteiger charge is -1.04. The maximum Gasteiger partial charge on any atom is -0.0360 e. The Morgan fingerprint density at radius 1 is 1.00 bits per heavy atom. The summed E-state index contributed by atoms with van der Waals surface area (Å²) in [5, 5.41) is 0. The van der Waals surface area contributed by atoms with Crippen molar-refractivity contribution in [1.29, 1.82) is 0 Å². The molecule has 0 heterocycles. The average Bonchev–Trinajstić information content (AvgIpc) is 1.00. The van der Waals surface area contributed by atoms with E-state index in [4.69, 9.17) is 0 Å². The van der Waals surface area contributed by atoms with Crippen LogP contribution in [-0.2, 0) is 0 Å². The van der Waals surface area contributed by atoms with Crippen molar-refractivity contribution in [3.8, 4) is 0 Å². The minimum absolute atomic E-state index is 0. The first kappa shape index (κ1) is 19.9. The summed E-state index contributed by atoms with van der Waals surface area (Å²) in [5.74, 6) is 0. The Balaban J connectivity index is -0.00000000500. The monoisotopic (exact) mass is 118 g/mol. The van der Waals surface area contributed by atoms with Crippen LogP contribution in [0.15, 0.2) is 0 Å². The standard InChI is InChI=1S/CH3P.2ClH/c1-2;;/h1H3;2*1H. The average molecular weight is 119 g/mol. The molecule has 0 fully saturated rings. The van der Waals surface area contributed by atoms with Gasteiger partial charge in [-0.25, -0.2) is 0 Å². The highest BCUT2D eigenvalue weighted by molar-refractivity contribution is 7.15. The van der Waals surface area contributed by atoms with Crippen LogP contribution < -0.4 is 0 Å². The van der Waals surface area contributed by atoms with Crippen molar-refractivity contribution >= 4 is 34.1 Å². The highest BCUT2D eigenvalue weighted by Crippen LogP contribution is 1.46. The second-order valence-electron chi connectivity index (χ2n) is 0. The van der Waals surface area contributed by atoms with Crippen LogP contribution in [0.5, 0.6) is 0 Å². The van der Waals surface area contributed by atoms with Crippen LogP contribution in [0.1, 0.15) is 0 Å². The Labute approximate surface area is 41.4 Å². The van der Waals surface area contributed by atoms with E-state index < -0.39 is 0 Å². The minimum atomic E-state index is 0. The molecule has 0 saturated carbocycles. The third-order valence-electron chi connectivity index (χ3n) is 0. The van der Waals surface area contributed by atoms with Crippen LogP contribution in [-0.4, -0.2) is 6.66 Å². The van der Waals surface area contributed by atoms with E-state index >= 15 is 0 Å². The van der Waals surface area contributed by atoms with E-state index in [1.165, 1.54) is 0 Å². The van der Waals surface area contributed by atoms with Gasteiger partial charge in [0.25, 0.3) is 0 Å². The van der Waals surface area contributed by atoms with Crippen LogP contribution in [0.25, 0.3) is 0 Å². The fourth-order valence-corrected chi connectivity index (χ4v) is 0. The molecule has 0 atom stereocenters. The fraction of sp³-hybridized carbons (Fsp3) is 1.00. The first-order valence-corrected chi connectivity index (χ1v) is 1.34. The van der Waals surface area contributed by atoms with Crippen molar-refractivity contribution in [3.63, 3.8) is 0 Å².